The summed E-state index contributed by atoms with van der Waals surface area (Å²) in [4.78, 5) is 16.4. The summed E-state index contributed by atoms with van der Waals surface area (Å²) in [5.74, 6) is 0.881. The van der Waals surface area contributed by atoms with Crippen LogP contribution in [0.15, 0.2) is 35.3 Å². The van der Waals surface area contributed by atoms with Crippen molar-refractivity contribution in [2.45, 2.75) is 44.9 Å². The van der Waals surface area contributed by atoms with E-state index in [1.54, 1.807) is 0 Å². The smallest absolute Gasteiger partial charge is 0.221 e. The number of rotatable bonds is 9. The molecule has 2 rings (SSSR count). The molecule has 0 atom stereocenters. The van der Waals surface area contributed by atoms with Gasteiger partial charge in [-0.2, -0.15) is 0 Å². The van der Waals surface area contributed by atoms with Gasteiger partial charge in [0.15, 0.2) is 5.96 Å². The first kappa shape index (κ1) is 21.7. The second-order valence-corrected chi connectivity index (χ2v) is 6.37. The van der Waals surface area contributed by atoms with E-state index in [9.17, 15) is 4.79 Å². The van der Waals surface area contributed by atoms with Crippen LogP contribution >= 0.6 is 24.0 Å². The minimum absolute atomic E-state index is 0. The monoisotopic (exact) mass is 458 g/mol. The van der Waals surface area contributed by atoms with Gasteiger partial charge in [0.05, 0.1) is 6.54 Å². The molecule has 1 amide bonds. The van der Waals surface area contributed by atoms with Gasteiger partial charge in [0.1, 0.15) is 0 Å². The van der Waals surface area contributed by atoms with Gasteiger partial charge in [-0.1, -0.05) is 37.3 Å². The molecular weight excluding hydrogens is 427 g/mol. The molecule has 5 nitrogen and oxygen atoms in total. The fourth-order valence-corrected chi connectivity index (χ4v) is 2.70. The van der Waals surface area contributed by atoms with E-state index in [4.69, 9.17) is 4.99 Å². The number of carbonyl (C=O) groups is 1. The fourth-order valence-electron chi connectivity index (χ4n) is 2.70. The third kappa shape index (κ3) is 7.22. The van der Waals surface area contributed by atoms with Gasteiger partial charge in [-0.25, -0.2) is 0 Å². The number of benzene rings is 1. The second-order valence-electron chi connectivity index (χ2n) is 6.37. The number of hydrogen-bond donors (Lipinski definition) is 3. The number of nitrogens with zero attached hydrogens (tertiary/aromatic N) is 1. The average Bonchev–Trinajstić information content (AvgIpc) is 3.40. The molecule has 0 radical (unpaired) electrons. The molecule has 0 saturated heterocycles. The molecular formula is C19H31IN4O. The van der Waals surface area contributed by atoms with E-state index in [1.807, 2.05) is 0 Å². The van der Waals surface area contributed by atoms with Crippen LogP contribution in [-0.4, -0.2) is 38.0 Å². The van der Waals surface area contributed by atoms with Gasteiger partial charge >= 0.3 is 0 Å². The van der Waals surface area contributed by atoms with Crippen LogP contribution in [0.4, 0.5) is 0 Å². The van der Waals surface area contributed by atoms with Crippen LogP contribution in [0.2, 0.25) is 0 Å². The molecule has 1 aliphatic carbocycles. The van der Waals surface area contributed by atoms with Gasteiger partial charge in [-0.15, -0.1) is 24.0 Å². The zero-order chi connectivity index (χ0) is 17.3. The number of aliphatic imine (C=N–C) groups is 1. The minimum Gasteiger partial charge on any atom is -0.357 e. The van der Waals surface area contributed by atoms with Crippen LogP contribution in [0, 0.1) is 0 Å². The minimum atomic E-state index is 0. The third-order valence-corrected chi connectivity index (χ3v) is 4.34. The molecule has 140 valence electrons. The zero-order valence-corrected chi connectivity index (χ0v) is 17.6. The van der Waals surface area contributed by atoms with Gasteiger partial charge in [0, 0.05) is 31.5 Å². The molecule has 6 heteroatoms. The predicted molar refractivity (Wildman–Crippen MR) is 115 cm³/mol. The Morgan fingerprint density at radius 2 is 1.80 bits per heavy atom. The lowest BCUT2D eigenvalue weighted by molar-refractivity contribution is -0.120. The summed E-state index contributed by atoms with van der Waals surface area (Å²) in [7, 11) is 0. The molecule has 0 heterocycles. The first-order chi connectivity index (χ1) is 11.7. The van der Waals surface area contributed by atoms with E-state index >= 15 is 0 Å². The first-order valence-corrected chi connectivity index (χ1v) is 9.04. The molecule has 0 aromatic heterocycles. The van der Waals surface area contributed by atoms with Gasteiger partial charge in [-0.3, -0.25) is 9.79 Å². The van der Waals surface area contributed by atoms with Crippen LogP contribution in [0.3, 0.4) is 0 Å². The fraction of sp³-hybridized carbons (Fsp3) is 0.579. The number of halogens is 1. The largest absolute Gasteiger partial charge is 0.357 e. The molecule has 0 aliphatic heterocycles. The number of nitrogens with one attached hydrogen (secondary N) is 3. The van der Waals surface area contributed by atoms with Gasteiger partial charge in [0.25, 0.3) is 0 Å². The molecule has 1 aliphatic rings. The topological polar surface area (TPSA) is 65.5 Å². The lowest BCUT2D eigenvalue weighted by Gasteiger charge is -2.16. The predicted octanol–water partition coefficient (Wildman–Crippen LogP) is 2.81. The summed E-state index contributed by atoms with van der Waals surface area (Å²) in [6, 6.07) is 10.6. The summed E-state index contributed by atoms with van der Waals surface area (Å²) in [6.07, 6.45) is 3.82. The average molecular weight is 458 g/mol. The van der Waals surface area contributed by atoms with Crippen molar-refractivity contribution in [3.05, 3.63) is 35.9 Å². The Labute approximate surface area is 168 Å². The summed E-state index contributed by atoms with van der Waals surface area (Å²) < 4.78 is 0. The van der Waals surface area contributed by atoms with Crippen LogP contribution in [0.5, 0.6) is 0 Å². The molecule has 1 aromatic carbocycles. The van der Waals surface area contributed by atoms with Crippen molar-refractivity contribution in [3.63, 3.8) is 0 Å². The quantitative estimate of drug-likeness (QED) is 0.303. The van der Waals surface area contributed by atoms with Gasteiger partial charge in [0.2, 0.25) is 5.91 Å². The molecule has 0 bridgehead atoms. The third-order valence-electron chi connectivity index (χ3n) is 4.34. The lowest BCUT2D eigenvalue weighted by Crippen LogP contribution is -2.40. The molecule has 1 aromatic rings. The molecule has 0 spiro atoms. The van der Waals surface area contributed by atoms with Crippen molar-refractivity contribution in [2.75, 3.05) is 26.2 Å². The number of amides is 1. The lowest BCUT2D eigenvalue weighted by atomic mass is 9.96. The van der Waals surface area contributed by atoms with Gasteiger partial charge in [-0.05, 0) is 31.7 Å². The highest BCUT2D eigenvalue weighted by Gasteiger charge is 2.43. The summed E-state index contributed by atoms with van der Waals surface area (Å²) in [5.41, 5.74) is 1.59. The van der Waals surface area contributed by atoms with Gasteiger partial charge < -0.3 is 16.0 Å². The van der Waals surface area contributed by atoms with Crippen molar-refractivity contribution in [2.24, 2.45) is 4.99 Å². The Balaban J connectivity index is 0.00000312. The van der Waals surface area contributed by atoms with E-state index in [0.29, 0.717) is 13.0 Å². The van der Waals surface area contributed by atoms with E-state index in [-0.39, 0.29) is 35.3 Å². The Kier molecular flexibility index (Phi) is 9.85. The molecule has 1 saturated carbocycles. The zero-order valence-electron chi connectivity index (χ0n) is 15.3. The van der Waals surface area contributed by atoms with Crippen molar-refractivity contribution < 1.29 is 4.79 Å². The molecule has 1 fully saturated rings. The number of carbonyl (C=O) groups excluding carboxylic acids is 1. The van der Waals surface area contributed by atoms with Crippen LogP contribution in [-0.2, 0) is 10.2 Å². The Morgan fingerprint density at radius 1 is 1.08 bits per heavy atom. The summed E-state index contributed by atoms with van der Waals surface area (Å²) in [6.45, 7) is 7.04. The standard InChI is InChI=1S/C19H30N4O.HI/c1-3-13-21-17(24)10-14-22-18(20-4-2)23-15-19(11-12-19)16-8-6-5-7-9-16;/h5-9H,3-4,10-15H2,1-2H3,(H,21,24)(H2,20,22,23);1H. The van der Waals surface area contributed by atoms with E-state index in [1.165, 1.54) is 18.4 Å². The number of hydrogen-bond acceptors (Lipinski definition) is 2. The first-order valence-electron chi connectivity index (χ1n) is 9.04. The van der Waals surface area contributed by atoms with Crippen LogP contribution in [0.25, 0.3) is 0 Å². The summed E-state index contributed by atoms with van der Waals surface area (Å²) >= 11 is 0. The number of guanidine groups is 1. The highest BCUT2D eigenvalue weighted by molar-refractivity contribution is 14.0. The van der Waals surface area contributed by atoms with E-state index in [0.717, 1.165) is 32.0 Å². The maximum Gasteiger partial charge on any atom is 0.221 e. The van der Waals surface area contributed by atoms with E-state index in [2.05, 4.69) is 60.1 Å². The maximum atomic E-state index is 11.6. The van der Waals surface area contributed by atoms with Crippen molar-refractivity contribution in [1.29, 1.82) is 0 Å². The Morgan fingerprint density at radius 3 is 2.40 bits per heavy atom. The second kappa shape index (κ2) is 11.3. The highest BCUT2D eigenvalue weighted by Crippen LogP contribution is 2.48. The molecule has 3 N–H and O–H groups in total. The van der Waals surface area contributed by atoms with E-state index < -0.39 is 0 Å². The maximum absolute atomic E-state index is 11.6. The SMILES string of the molecule is CCCNC(=O)CCNC(=NCC1(c2ccccc2)CC1)NCC.I. The van der Waals surface area contributed by atoms with Crippen molar-refractivity contribution in [1.82, 2.24) is 16.0 Å². The van der Waals surface area contributed by atoms with Crippen molar-refractivity contribution in [3.8, 4) is 0 Å². The van der Waals surface area contributed by atoms with Crippen LogP contribution < -0.4 is 16.0 Å². The van der Waals surface area contributed by atoms with Crippen LogP contribution in [0.1, 0.15) is 45.1 Å². The Hall–Kier alpha value is -1.31. The highest BCUT2D eigenvalue weighted by atomic mass is 127. The van der Waals surface area contributed by atoms with Crippen molar-refractivity contribution >= 4 is 35.8 Å². The Bertz CT molecular complexity index is 544. The normalized spacial score (nSPS) is 15.0. The summed E-state index contributed by atoms with van der Waals surface area (Å²) in [5, 5.41) is 9.40. The molecule has 0 unspecified atom stereocenters. The molecule has 25 heavy (non-hydrogen) atoms.